The molecule has 2 rings (SSSR count). The van der Waals surface area contributed by atoms with Gasteiger partial charge in [-0.1, -0.05) is 5.16 Å². The van der Waals surface area contributed by atoms with E-state index in [0.717, 1.165) is 11.3 Å². The first-order valence-electron chi connectivity index (χ1n) is 4.93. The first-order chi connectivity index (χ1) is 8.08. The van der Waals surface area contributed by atoms with Crippen molar-refractivity contribution in [2.75, 3.05) is 5.32 Å². The minimum absolute atomic E-state index is 0.274. The minimum Gasteiger partial charge on any atom is -0.338 e. The number of anilines is 1. The van der Waals surface area contributed by atoms with Crippen LogP contribution in [0.1, 0.15) is 21.6 Å². The number of aromatic nitrogens is 2. The molecule has 0 fully saturated rings. The quantitative estimate of drug-likeness (QED) is 0.865. The maximum atomic E-state index is 11.8. The fourth-order valence-corrected chi connectivity index (χ4v) is 1.45. The van der Waals surface area contributed by atoms with Crippen molar-refractivity contribution in [2.45, 2.75) is 13.8 Å². The Labute approximate surface area is 106 Å². The van der Waals surface area contributed by atoms with Gasteiger partial charge in [0.2, 0.25) is 5.88 Å². The molecule has 5 nitrogen and oxygen atoms in total. The van der Waals surface area contributed by atoms with Crippen molar-refractivity contribution in [3.8, 4) is 0 Å². The fraction of sp³-hybridized carbons (Fsp3) is 0.182. The van der Waals surface area contributed by atoms with E-state index in [1.54, 1.807) is 12.1 Å². The molecule has 0 bridgehead atoms. The largest absolute Gasteiger partial charge is 0.338 e. The zero-order chi connectivity index (χ0) is 12.4. The summed E-state index contributed by atoms with van der Waals surface area (Å²) in [6.45, 7) is 3.65. The lowest BCUT2D eigenvalue weighted by Gasteiger charge is -2.01. The molecule has 1 amide bonds. The highest BCUT2D eigenvalue weighted by atomic mass is 79.9. The number of amides is 1. The average Bonchev–Trinajstić information content (AvgIpc) is 2.62. The van der Waals surface area contributed by atoms with Crippen LogP contribution in [0.3, 0.4) is 0 Å². The van der Waals surface area contributed by atoms with E-state index >= 15 is 0 Å². The number of rotatable bonds is 2. The van der Waals surface area contributed by atoms with Crippen LogP contribution >= 0.6 is 15.9 Å². The van der Waals surface area contributed by atoms with Crippen LogP contribution in [-0.2, 0) is 0 Å². The third kappa shape index (κ3) is 2.52. The highest BCUT2D eigenvalue weighted by molar-refractivity contribution is 9.10. The molecular weight excluding hydrogens is 286 g/mol. The molecule has 2 aromatic heterocycles. The summed E-state index contributed by atoms with van der Waals surface area (Å²) in [6, 6.07) is 3.37. The first kappa shape index (κ1) is 11.8. The van der Waals surface area contributed by atoms with Gasteiger partial charge < -0.3 is 4.52 Å². The molecule has 2 aromatic rings. The Morgan fingerprint density at radius 2 is 2.18 bits per heavy atom. The molecule has 0 radical (unpaired) electrons. The highest BCUT2D eigenvalue weighted by Gasteiger charge is 2.13. The number of carbonyl (C=O) groups is 1. The Kier molecular flexibility index (Phi) is 3.23. The Balaban J connectivity index is 2.17. The average molecular weight is 296 g/mol. The number of aryl methyl sites for hydroxylation is 1. The molecule has 2 heterocycles. The van der Waals surface area contributed by atoms with Crippen molar-refractivity contribution in [3.05, 3.63) is 39.8 Å². The van der Waals surface area contributed by atoms with Gasteiger partial charge in [0.05, 0.1) is 11.3 Å². The predicted octanol–water partition coefficient (Wildman–Crippen LogP) is 2.70. The van der Waals surface area contributed by atoms with Gasteiger partial charge in [0.25, 0.3) is 5.91 Å². The Hall–Kier alpha value is -1.69. The van der Waals surface area contributed by atoms with E-state index in [1.165, 1.54) is 6.20 Å². The number of hydrogen-bond acceptors (Lipinski definition) is 4. The molecule has 0 aliphatic rings. The van der Waals surface area contributed by atoms with E-state index in [9.17, 15) is 4.79 Å². The van der Waals surface area contributed by atoms with E-state index < -0.39 is 0 Å². The van der Waals surface area contributed by atoms with Crippen LogP contribution in [0.25, 0.3) is 0 Å². The summed E-state index contributed by atoms with van der Waals surface area (Å²) in [4.78, 5) is 15.8. The lowest BCUT2D eigenvalue weighted by atomic mass is 10.2. The van der Waals surface area contributed by atoms with Crippen molar-refractivity contribution in [2.24, 2.45) is 0 Å². The zero-order valence-corrected chi connectivity index (χ0v) is 10.9. The third-order valence-electron chi connectivity index (χ3n) is 2.37. The molecule has 17 heavy (non-hydrogen) atoms. The minimum atomic E-state index is -0.274. The number of nitrogens with one attached hydrogen (secondary N) is 1. The van der Waals surface area contributed by atoms with Crippen LogP contribution in [0.15, 0.2) is 27.5 Å². The van der Waals surface area contributed by atoms with Gasteiger partial charge >= 0.3 is 0 Å². The normalized spacial score (nSPS) is 10.3. The molecule has 1 N–H and O–H groups in total. The summed E-state index contributed by atoms with van der Waals surface area (Å²) in [5, 5.41) is 6.41. The summed E-state index contributed by atoms with van der Waals surface area (Å²) >= 11 is 3.21. The molecular formula is C11H10BrN3O2. The molecule has 0 saturated carbocycles. The molecule has 88 valence electrons. The van der Waals surface area contributed by atoms with Crippen LogP contribution in [0.5, 0.6) is 0 Å². The van der Waals surface area contributed by atoms with Crippen LogP contribution < -0.4 is 5.32 Å². The Morgan fingerprint density at radius 1 is 1.41 bits per heavy atom. The summed E-state index contributed by atoms with van der Waals surface area (Å²) in [5.41, 5.74) is 2.04. The second-order valence-electron chi connectivity index (χ2n) is 3.55. The monoisotopic (exact) mass is 295 g/mol. The lowest BCUT2D eigenvalue weighted by Crippen LogP contribution is -2.12. The van der Waals surface area contributed by atoms with Crippen LogP contribution in [0.2, 0.25) is 0 Å². The second-order valence-corrected chi connectivity index (χ2v) is 4.36. The van der Waals surface area contributed by atoms with E-state index in [-0.39, 0.29) is 5.91 Å². The van der Waals surface area contributed by atoms with Gasteiger partial charge in [0, 0.05) is 11.8 Å². The number of carbonyl (C=O) groups excluding carboxylic acids is 1. The van der Waals surface area contributed by atoms with Crippen molar-refractivity contribution in [1.82, 2.24) is 10.1 Å². The number of nitrogens with zero attached hydrogens (tertiary/aromatic N) is 2. The summed E-state index contributed by atoms with van der Waals surface area (Å²) in [5.74, 6) is 0.0969. The van der Waals surface area contributed by atoms with Crippen LogP contribution in [0, 0.1) is 13.8 Å². The number of halogens is 1. The van der Waals surface area contributed by atoms with Crippen LogP contribution in [-0.4, -0.2) is 16.0 Å². The van der Waals surface area contributed by atoms with E-state index in [2.05, 4.69) is 31.4 Å². The molecule has 0 unspecified atom stereocenters. The molecule has 0 saturated heterocycles. The van der Waals surface area contributed by atoms with Gasteiger partial charge in [0.1, 0.15) is 4.60 Å². The fourth-order valence-electron chi connectivity index (χ4n) is 1.22. The van der Waals surface area contributed by atoms with Gasteiger partial charge in [0.15, 0.2) is 0 Å². The molecule has 0 aliphatic carbocycles. The third-order valence-corrected chi connectivity index (χ3v) is 2.84. The Bertz CT molecular complexity index is 548. The SMILES string of the molecule is Cc1noc(NC(=O)c2ccc(Br)nc2)c1C. The van der Waals surface area contributed by atoms with Crippen molar-refractivity contribution in [3.63, 3.8) is 0 Å². The van der Waals surface area contributed by atoms with Crippen molar-refractivity contribution in [1.29, 1.82) is 0 Å². The molecule has 0 aliphatic heterocycles. The maximum absolute atomic E-state index is 11.8. The Morgan fingerprint density at radius 3 is 2.71 bits per heavy atom. The lowest BCUT2D eigenvalue weighted by molar-refractivity contribution is 0.102. The second kappa shape index (κ2) is 4.67. The summed E-state index contributed by atoms with van der Waals surface area (Å²) in [6.07, 6.45) is 1.48. The molecule has 0 atom stereocenters. The molecule has 0 aromatic carbocycles. The molecule has 0 spiro atoms. The van der Waals surface area contributed by atoms with E-state index in [0.29, 0.717) is 16.1 Å². The van der Waals surface area contributed by atoms with Gasteiger partial charge in [-0.05, 0) is 41.9 Å². The number of hydrogen-bond donors (Lipinski definition) is 1. The summed E-state index contributed by atoms with van der Waals surface area (Å²) < 4.78 is 5.68. The number of pyridine rings is 1. The van der Waals surface area contributed by atoms with Crippen LogP contribution in [0.4, 0.5) is 5.88 Å². The van der Waals surface area contributed by atoms with E-state index in [1.807, 2.05) is 13.8 Å². The van der Waals surface area contributed by atoms with E-state index in [4.69, 9.17) is 4.52 Å². The van der Waals surface area contributed by atoms with Crippen molar-refractivity contribution < 1.29 is 9.32 Å². The first-order valence-corrected chi connectivity index (χ1v) is 5.73. The zero-order valence-electron chi connectivity index (χ0n) is 9.32. The van der Waals surface area contributed by atoms with Gasteiger partial charge in [-0.2, -0.15) is 0 Å². The smallest absolute Gasteiger partial charge is 0.259 e. The predicted molar refractivity (Wildman–Crippen MR) is 65.9 cm³/mol. The van der Waals surface area contributed by atoms with Crippen molar-refractivity contribution >= 4 is 27.7 Å². The summed E-state index contributed by atoms with van der Waals surface area (Å²) in [7, 11) is 0. The van der Waals surface area contributed by atoms with Gasteiger partial charge in [-0.25, -0.2) is 4.98 Å². The standard InChI is InChI=1S/C11H10BrN3O2/c1-6-7(2)15-17-11(6)14-10(16)8-3-4-9(12)13-5-8/h3-5H,1-2H3,(H,14,16). The van der Waals surface area contributed by atoms with Gasteiger partial charge in [-0.3, -0.25) is 10.1 Å². The topological polar surface area (TPSA) is 68.0 Å². The van der Waals surface area contributed by atoms with Gasteiger partial charge in [-0.15, -0.1) is 0 Å². The maximum Gasteiger partial charge on any atom is 0.259 e. The highest BCUT2D eigenvalue weighted by Crippen LogP contribution is 2.18. The molecule has 6 heteroatoms.